The summed E-state index contributed by atoms with van der Waals surface area (Å²) in [4.78, 5) is 113. The summed E-state index contributed by atoms with van der Waals surface area (Å²) in [5, 5.41) is 83.2. The number of rotatable bonds is 14. The van der Waals surface area contributed by atoms with Crippen LogP contribution in [0.5, 0.6) is 11.5 Å². The summed E-state index contributed by atoms with van der Waals surface area (Å²) in [7, 11) is 2.54. The van der Waals surface area contributed by atoms with Crippen LogP contribution in [-0.4, -0.2) is 132 Å². The molecule has 0 saturated carbocycles. The van der Waals surface area contributed by atoms with Crippen LogP contribution >= 0.6 is 0 Å². The Balaban J connectivity index is 0.000000280. The molecule has 3 unspecified atom stereocenters. The van der Waals surface area contributed by atoms with Gasteiger partial charge < -0.3 is 30.3 Å². The number of aromatic hydroxyl groups is 1. The Bertz CT molecular complexity index is 5860. The number of methoxy groups -OCH3 is 2. The molecular formula is C77H77N22O19Y+. The predicted molar refractivity (Wildman–Crippen MR) is 426 cm³/mol. The van der Waals surface area contributed by atoms with Gasteiger partial charge in [-0.15, -0.1) is 6.42 Å². The molecule has 2 aromatic carbocycles. The number of nitrogens with zero attached hydrogens (tertiary/aromatic N) is 19. The minimum atomic E-state index is -0.887. The standard InChI is InChI=1S/C11H10N2O3.C9H9N5.C9H11N3.C9H10N2O.C9H8N2O.C7H8N2O.C7H7NO.C6H5N3O5.C6H4N2O5.C4H4O2.Y/c1-7(14)8-3-4-13-10(5-8)9(6-12-13)11(15)16-2;1-7(12-13-10)8-3-5-14-9(6-8)2-4-11-14;1-7(10)8-3-5-12-9(6-8)2-4-11-12;2*1-7(12)8-3-5-11-9(6-8)2-4-10-11;1-6(10)7-2-4-9(8)5-3-7;1-6(9)7-2-4-8-5-3-7;7-14-6-2-1-4(8(10)11)3-5(6)9(12)13;9-6-2-1-4(7(10)11)3-5(6)8(12)13;1-3-4(5)6-2;/h3-6H,1-2H3;2-7H,1H3;2-7H,10H2,1H3;2-7,12H,1H3;2-6H,1H3;2-5H,1H3,(H-,8,10);2-5H,1H3;1-3H,7H2;1-3,9H;1H,2H3;/p+1. The van der Waals surface area contributed by atoms with Crippen molar-refractivity contribution in [3.8, 4) is 23.8 Å². The molecule has 8 N–H and O–H groups in total. The summed E-state index contributed by atoms with van der Waals surface area (Å²) >= 11 is 0. The SMILES string of the molecule is C#CC(=O)OC.CC(=O)c1cc[n+](N)cc1.CC(=O)c1ccn2nccc2c1.CC(=O)c1ccncc1.CC(N)c1ccn2nccc2c1.CC(N=[N+]=[N-])c1ccn2nccc2c1.CC(O)c1ccn2nccc2c1.COC(=O)c1cnn2ccc(C(C)=O)cc12.NOc1ccc([N+](=O)[O-])cc1[N+](=O)[O-].O=[N+]([O-])c1ccc(O)c([N+](=O)[O-])c1.[Y]. The maximum Gasteiger partial charge on any atom is 0.383 e. The molecule has 12 heterocycles. The molecular weight excluding hydrogens is 1630 g/mol. The van der Waals surface area contributed by atoms with Crippen molar-refractivity contribution in [2.24, 2.45) is 16.7 Å². The van der Waals surface area contributed by atoms with Gasteiger partial charge in [-0.25, -0.2) is 38.0 Å². The number of Topliss-reactive ketones (excluding diaryl/α,β-unsaturated/α-hetero) is 4. The van der Waals surface area contributed by atoms with E-state index in [1.165, 1.54) is 50.4 Å². The average molecular weight is 1700 g/mol. The molecule has 0 aliphatic carbocycles. The van der Waals surface area contributed by atoms with Gasteiger partial charge in [-0.1, -0.05) is 16.7 Å². The first-order valence-electron chi connectivity index (χ1n) is 34.1. The van der Waals surface area contributed by atoms with E-state index in [2.05, 4.69) is 67.3 Å². The van der Waals surface area contributed by atoms with Crippen LogP contribution in [0.3, 0.4) is 0 Å². The van der Waals surface area contributed by atoms with Gasteiger partial charge in [0.2, 0.25) is 5.75 Å². The monoisotopic (exact) mass is 1700 g/mol. The second-order valence-corrected chi connectivity index (χ2v) is 23.8. The molecule has 119 heavy (non-hydrogen) atoms. The molecule has 0 fully saturated rings. The number of nitro groups is 4. The quantitative estimate of drug-likeness (QED) is 0.00577. The summed E-state index contributed by atoms with van der Waals surface area (Å²) in [5.74, 6) is 10.1. The van der Waals surface area contributed by atoms with Crippen molar-refractivity contribution < 1.29 is 110 Å². The van der Waals surface area contributed by atoms with E-state index in [0.29, 0.717) is 33.8 Å². The first kappa shape index (κ1) is 96.0. The molecule has 0 aliphatic rings. The summed E-state index contributed by atoms with van der Waals surface area (Å²) in [5.41, 5.74) is 22.7. The van der Waals surface area contributed by atoms with Crippen LogP contribution in [0, 0.1) is 52.8 Å². The Morgan fingerprint density at radius 2 is 0.958 bits per heavy atom. The van der Waals surface area contributed by atoms with Crippen LogP contribution in [-0.2, 0) is 47.0 Å². The Labute approximate surface area is 699 Å². The van der Waals surface area contributed by atoms with E-state index in [1.54, 1.807) is 138 Å². The van der Waals surface area contributed by atoms with E-state index in [1.807, 2.05) is 97.6 Å². The molecule has 0 spiro atoms. The van der Waals surface area contributed by atoms with E-state index >= 15 is 0 Å². The first-order valence-corrected chi connectivity index (χ1v) is 34.1. The molecule has 41 nitrogen and oxygen atoms in total. The normalized spacial score (nSPS) is 10.5. The van der Waals surface area contributed by atoms with E-state index in [9.17, 15) is 74.3 Å². The number of aliphatic hydroxyl groups excluding tert-OH is 1. The summed E-state index contributed by atoms with van der Waals surface area (Å²) < 4.78 is 18.7. The number of ether oxygens (including phenoxy) is 2. The van der Waals surface area contributed by atoms with E-state index < -0.39 is 66.2 Å². The number of nitrogen functional groups attached to an aromatic ring is 1. The number of hydrogen-bond donors (Lipinski definition) is 5. The second-order valence-electron chi connectivity index (χ2n) is 23.8. The number of carbonyl (C=O) groups is 6. The number of ketones is 4. The second kappa shape index (κ2) is 48.0. The molecule has 14 rings (SSSR count). The molecule has 0 amide bonds. The number of fused-ring (bicyclic) bond motifs is 5. The van der Waals surface area contributed by atoms with Gasteiger partial charge in [-0.3, -0.25) is 64.6 Å². The van der Waals surface area contributed by atoms with Crippen molar-refractivity contribution >= 4 is 85.4 Å². The maximum absolute atomic E-state index is 11.4. The number of phenolic OH excluding ortho intramolecular Hbond substituents is 1. The summed E-state index contributed by atoms with van der Waals surface area (Å²) in [6.45, 7) is 11.7. The number of aliphatic hydroxyl groups is 1. The average Bonchev–Trinajstić information content (AvgIpc) is 1.67. The zero-order valence-corrected chi connectivity index (χ0v) is 67.7. The summed E-state index contributed by atoms with van der Waals surface area (Å²) in [6.07, 6.45) is 28.1. The molecule has 0 aliphatic heterocycles. The van der Waals surface area contributed by atoms with Crippen LogP contribution in [0.25, 0.3) is 38.0 Å². The topological polar surface area (TPSA) is 573 Å². The molecule has 3 atom stereocenters. The Morgan fingerprint density at radius 1 is 0.538 bits per heavy atom. The number of nitro benzene ring substituents is 4. The zero-order valence-electron chi connectivity index (χ0n) is 64.9. The van der Waals surface area contributed by atoms with Gasteiger partial charge in [-0.05, 0) is 173 Å². The molecule has 611 valence electrons. The molecule has 14 aromatic rings. The Hall–Kier alpha value is -15.3. The van der Waals surface area contributed by atoms with Crippen LogP contribution in [0.2, 0.25) is 0 Å². The molecule has 0 bridgehead atoms. The maximum atomic E-state index is 11.4. The molecule has 12 aromatic heterocycles. The van der Waals surface area contributed by atoms with Crippen molar-refractivity contribution in [2.45, 2.75) is 66.7 Å². The fourth-order valence-electron chi connectivity index (χ4n) is 9.32. The summed E-state index contributed by atoms with van der Waals surface area (Å²) in [6, 6.07) is 38.5. The van der Waals surface area contributed by atoms with Gasteiger partial charge in [-0.2, -0.15) is 31.4 Å². The Kier molecular flexibility index (Phi) is 38.7. The van der Waals surface area contributed by atoms with Crippen molar-refractivity contribution in [1.29, 1.82) is 0 Å². The number of terminal acetylenes is 1. The number of hydrogen-bond acceptors (Lipinski definition) is 29. The zero-order chi connectivity index (χ0) is 87.3. The van der Waals surface area contributed by atoms with Gasteiger partial charge in [0.05, 0.1) is 92.0 Å². The van der Waals surface area contributed by atoms with Gasteiger partial charge >= 0.3 is 23.3 Å². The third-order valence-electron chi connectivity index (χ3n) is 15.6. The third kappa shape index (κ3) is 30.2. The number of carbonyl (C=O) groups excluding carboxylic acids is 6. The largest absolute Gasteiger partial charge is 0.502 e. The van der Waals surface area contributed by atoms with Gasteiger partial charge in [0, 0.05) is 164 Å². The van der Waals surface area contributed by atoms with E-state index in [-0.39, 0.29) is 73.7 Å². The van der Waals surface area contributed by atoms with E-state index in [4.69, 9.17) is 28.1 Å². The smallest absolute Gasteiger partial charge is 0.383 e. The number of azide groups is 1. The van der Waals surface area contributed by atoms with E-state index in [0.717, 1.165) is 74.7 Å². The van der Waals surface area contributed by atoms with Gasteiger partial charge in [0.1, 0.15) is 5.56 Å². The molecule has 1 radical (unpaired) electrons. The van der Waals surface area contributed by atoms with Crippen LogP contribution in [0.1, 0.15) is 135 Å². The third-order valence-corrected chi connectivity index (χ3v) is 15.6. The number of esters is 2. The van der Waals surface area contributed by atoms with Crippen LogP contribution in [0.4, 0.5) is 22.7 Å². The number of phenols is 1. The van der Waals surface area contributed by atoms with Crippen molar-refractivity contribution in [3.05, 3.63) is 328 Å². The number of aromatic nitrogens is 12. The number of nitrogens with two attached hydrogens (primary N) is 3. The number of benzene rings is 2. The molecule has 0 saturated heterocycles. The first-order chi connectivity index (χ1) is 56.1. The fraction of sp³-hybridized carbons (Fsp3) is 0.156. The van der Waals surface area contributed by atoms with Crippen LogP contribution in [0.15, 0.2) is 237 Å². The van der Waals surface area contributed by atoms with Crippen LogP contribution < -0.4 is 27.0 Å². The van der Waals surface area contributed by atoms with Crippen molar-refractivity contribution in [1.82, 2.24) is 53.1 Å². The molecule has 42 heteroatoms. The van der Waals surface area contributed by atoms with Gasteiger partial charge in [0.15, 0.2) is 41.3 Å². The Morgan fingerprint density at radius 3 is 1.37 bits per heavy atom. The van der Waals surface area contributed by atoms with Crippen molar-refractivity contribution in [3.63, 3.8) is 0 Å². The van der Waals surface area contributed by atoms with Gasteiger partial charge in [0.25, 0.3) is 11.4 Å². The minimum absolute atomic E-state index is 0. The number of pyridine rings is 7. The minimum Gasteiger partial charge on any atom is -0.502 e. The number of non-ortho nitro benzene ring substituents is 2. The predicted octanol–water partition coefficient (Wildman–Crippen LogP) is 11.2. The fourth-order valence-corrected chi connectivity index (χ4v) is 9.32. The van der Waals surface area contributed by atoms with Crippen molar-refractivity contribution in [2.75, 3.05) is 20.1 Å².